The molecule has 1 rings (SSSR count). The number of amides is 1. The largest absolute Gasteiger partial charge is 0.369 e. The van der Waals surface area contributed by atoms with E-state index in [-0.39, 0.29) is 11.3 Å². The van der Waals surface area contributed by atoms with E-state index in [1.54, 1.807) is 0 Å². The minimum atomic E-state index is -0.376. The Morgan fingerprint density at radius 1 is 1.73 bits per heavy atom. The normalized spacial score (nSPS) is 26.2. The summed E-state index contributed by atoms with van der Waals surface area (Å²) in [4.78, 5) is 16.1. The number of carbonyl (C=O) groups is 1. The third kappa shape index (κ3) is 3.11. The molecule has 1 amide bonds. The van der Waals surface area contributed by atoms with Crippen LogP contribution in [0.25, 0.3) is 10.4 Å². The molecule has 0 aliphatic carbocycles. The lowest BCUT2D eigenvalue weighted by molar-refractivity contribution is -0.126. The van der Waals surface area contributed by atoms with Crippen molar-refractivity contribution in [2.45, 2.75) is 19.8 Å². The maximum Gasteiger partial charge on any atom is 0.224 e. The fraction of sp³-hybridized carbons (Fsp3) is 0.889. The molecule has 1 aliphatic rings. The van der Waals surface area contributed by atoms with Gasteiger partial charge in [0.25, 0.3) is 0 Å². The van der Waals surface area contributed by atoms with Crippen LogP contribution in [-0.4, -0.2) is 37.0 Å². The Bertz CT molecular complexity index is 286. The van der Waals surface area contributed by atoms with Crippen molar-refractivity contribution < 1.29 is 4.79 Å². The number of nitrogens with zero attached hydrogens (tertiary/aromatic N) is 4. The van der Waals surface area contributed by atoms with E-state index in [0.717, 1.165) is 32.5 Å². The Balaban J connectivity index is 2.30. The molecular weight excluding hydrogens is 194 g/mol. The second-order valence-electron chi connectivity index (χ2n) is 4.26. The van der Waals surface area contributed by atoms with Crippen LogP contribution in [-0.2, 0) is 4.79 Å². The minimum absolute atomic E-state index is 0.222. The summed E-state index contributed by atoms with van der Waals surface area (Å²) in [6, 6.07) is 0. The van der Waals surface area contributed by atoms with Crippen molar-refractivity contribution in [1.29, 1.82) is 0 Å². The van der Waals surface area contributed by atoms with Crippen LogP contribution >= 0.6 is 0 Å². The van der Waals surface area contributed by atoms with Crippen LogP contribution in [0.1, 0.15) is 19.8 Å². The summed E-state index contributed by atoms with van der Waals surface area (Å²) in [6.45, 7) is 4.90. The molecule has 2 N–H and O–H groups in total. The molecule has 0 aromatic rings. The quantitative estimate of drug-likeness (QED) is 0.316. The highest BCUT2D eigenvalue weighted by molar-refractivity contribution is 5.81. The van der Waals surface area contributed by atoms with E-state index < -0.39 is 0 Å². The van der Waals surface area contributed by atoms with Gasteiger partial charge >= 0.3 is 0 Å². The van der Waals surface area contributed by atoms with Crippen LogP contribution < -0.4 is 5.73 Å². The monoisotopic (exact) mass is 211 g/mol. The fourth-order valence-electron chi connectivity index (χ4n) is 1.86. The Morgan fingerprint density at radius 3 is 3.00 bits per heavy atom. The van der Waals surface area contributed by atoms with E-state index >= 15 is 0 Å². The van der Waals surface area contributed by atoms with Crippen LogP contribution in [0.4, 0.5) is 0 Å². The molecule has 0 radical (unpaired) electrons. The highest BCUT2D eigenvalue weighted by atomic mass is 16.1. The average molecular weight is 211 g/mol. The summed E-state index contributed by atoms with van der Waals surface area (Å²) >= 11 is 0. The Hall–Kier alpha value is -1.26. The lowest BCUT2D eigenvalue weighted by Gasteiger charge is -2.20. The van der Waals surface area contributed by atoms with Crippen molar-refractivity contribution in [3.8, 4) is 0 Å². The first-order valence-electron chi connectivity index (χ1n) is 5.11. The number of primary amides is 1. The van der Waals surface area contributed by atoms with E-state index in [1.807, 2.05) is 6.92 Å². The van der Waals surface area contributed by atoms with Gasteiger partial charge in [-0.05, 0) is 38.4 Å². The topological polar surface area (TPSA) is 95.1 Å². The fourth-order valence-corrected chi connectivity index (χ4v) is 1.86. The van der Waals surface area contributed by atoms with Crippen LogP contribution in [0.15, 0.2) is 5.11 Å². The number of azide groups is 1. The molecule has 0 spiro atoms. The maximum absolute atomic E-state index is 11.2. The first kappa shape index (κ1) is 11.8. The predicted molar refractivity (Wildman–Crippen MR) is 57.0 cm³/mol. The SMILES string of the molecule is CC1(C(N)=O)CCN(CCCN=[N+]=[N-])C1. The van der Waals surface area contributed by atoms with Crippen LogP contribution in [0, 0.1) is 5.41 Å². The first-order chi connectivity index (χ1) is 7.08. The summed E-state index contributed by atoms with van der Waals surface area (Å²) < 4.78 is 0. The van der Waals surface area contributed by atoms with Gasteiger partial charge in [-0.3, -0.25) is 4.79 Å². The zero-order chi connectivity index (χ0) is 11.3. The first-order valence-corrected chi connectivity index (χ1v) is 5.11. The molecule has 0 bridgehead atoms. The Morgan fingerprint density at radius 2 is 2.47 bits per heavy atom. The number of hydrogen-bond donors (Lipinski definition) is 1. The third-order valence-corrected chi connectivity index (χ3v) is 2.94. The predicted octanol–water partition coefficient (Wildman–Crippen LogP) is 0.884. The zero-order valence-corrected chi connectivity index (χ0v) is 9.02. The van der Waals surface area contributed by atoms with Gasteiger partial charge in [-0.1, -0.05) is 5.11 Å². The van der Waals surface area contributed by atoms with Crippen LogP contribution in [0.3, 0.4) is 0 Å². The lowest BCUT2D eigenvalue weighted by atomic mass is 9.89. The van der Waals surface area contributed by atoms with E-state index in [2.05, 4.69) is 14.9 Å². The van der Waals surface area contributed by atoms with Gasteiger partial charge in [0, 0.05) is 18.0 Å². The minimum Gasteiger partial charge on any atom is -0.369 e. The molecule has 1 saturated heterocycles. The molecular formula is C9H17N5O. The van der Waals surface area contributed by atoms with E-state index in [4.69, 9.17) is 11.3 Å². The van der Waals surface area contributed by atoms with Crippen molar-refractivity contribution in [1.82, 2.24) is 4.90 Å². The Kier molecular flexibility index (Phi) is 3.94. The molecule has 1 heterocycles. The second kappa shape index (κ2) is 5.00. The highest BCUT2D eigenvalue weighted by Crippen LogP contribution is 2.29. The molecule has 0 saturated carbocycles. The number of rotatable bonds is 5. The number of nitrogens with two attached hydrogens (primary N) is 1. The molecule has 1 atom stereocenters. The molecule has 0 aromatic heterocycles. The van der Waals surface area contributed by atoms with E-state index in [0.29, 0.717) is 6.54 Å². The summed E-state index contributed by atoms with van der Waals surface area (Å²) in [6.07, 6.45) is 1.66. The van der Waals surface area contributed by atoms with Crippen molar-refractivity contribution in [3.05, 3.63) is 10.4 Å². The van der Waals surface area contributed by atoms with Crippen LogP contribution in [0.5, 0.6) is 0 Å². The number of carbonyl (C=O) groups excluding carboxylic acids is 1. The molecule has 15 heavy (non-hydrogen) atoms. The summed E-state index contributed by atoms with van der Waals surface area (Å²) in [5.74, 6) is -0.222. The van der Waals surface area contributed by atoms with Gasteiger partial charge in [-0.2, -0.15) is 0 Å². The van der Waals surface area contributed by atoms with Gasteiger partial charge in [0.1, 0.15) is 0 Å². The summed E-state index contributed by atoms with van der Waals surface area (Å²) in [5, 5.41) is 3.47. The summed E-state index contributed by atoms with van der Waals surface area (Å²) in [5.41, 5.74) is 13.1. The van der Waals surface area contributed by atoms with Crippen LogP contribution in [0.2, 0.25) is 0 Å². The van der Waals surface area contributed by atoms with Crippen molar-refractivity contribution in [3.63, 3.8) is 0 Å². The maximum atomic E-state index is 11.2. The standard InChI is InChI=1S/C9H17N5O/c1-9(8(10)15)3-6-14(7-9)5-2-4-12-13-11/h2-7H2,1H3,(H2,10,15). The van der Waals surface area contributed by atoms with E-state index in [9.17, 15) is 4.79 Å². The van der Waals surface area contributed by atoms with Gasteiger partial charge in [0.2, 0.25) is 5.91 Å². The highest BCUT2D eigenvalue weighted by Gasteiger charge is 2.38. The second-order valence-corrected chi connectivity index (χ2v) is 4.26. The smallest absolute Gasteiger partial charge is 0.224 e. The van der Waals surface area contributed by atoms with Crippen molar-refractivity contribution in [2.75, 3.05) is 26.2 Å². The molecule has 6 nitrogen and oxygen atoms in total. The van der Waals surface area contributed by atoms with E-state index in [1.165, 1.54) is 0 Å². The average Bonchev–Trinajstić information content (AvgIpc) is 2.57. The molecule has 1 aliphatic heterocycles. The van der Waals surface area contributed by atoms with Gasteiger partial charge in [-0.15, -0.1) is 0 Å². The zero-order valence-electron chi connectivity index (χ0n) is 9.02. The molecule has 84 valence electrons. The Labute approximate surface area is 89.0 Å². The molecule has 0 aromatic carbocycles. The van der Waals surface area contributed by atoms with Crippen molar-refractivity contribution >= 4 is 5.91 Å². The van der Waals surface area contributed by atoms with Gasteiger partial charge in [0.15, 0.2) is 0 Å². The van der Waals surface area contributed by atoms with Gasteiger partial charge in [0.05, 0.1) is 5.41 Å². The van der Waals surface area contributed by atoms with Crippen molar-refractivity contribution in [2.24, 2.45) is 16.3 Å². The van der Waals surface area contributed by atoms with Gasteiger partial charge in [-0.25, -0.2) is 0 Å². The summed E-state index contributed by atoms with van der Waals surface area (Å²) in [7, 11) is 0. The molecule has 1 fully saturated rings. The molecule has 1 unspecified atom stereocenters. The number of likely N-dealkylation sites (tertiary alicyclic amines) is 1. The third-order valence-electron chi connectivity index (χ3n) is 2.94. The van der Waals surface area contributed by atoms with Gasteiger partial charge < -0.3 is 10.6 Å². The molecule has 6 heteroatoms. The lowest BCUT2D eigenvalue weighted by Crippen LogP contribution is -2.37. The number of hydrogen-bond acceptors (Lipinski definition) is 3.